The highest BCUT2D eigenvalue weighted by Gasteiger charge is 2.41. The molecule has 9 heteroatoms. The molecule has 2 aromatic carbocycles. The van der Waals surface area contributed by atoms with Crippen molar-refractivity contribution in [2.75, 3.05) is 0 Å². The third-order valence-electron chi connectivity index (χ3n) is 7.11. The van der Waals surface area contributed by atoms with Crippen molar-refractivity contribution in [3.05, 3.63) is 71.7 Å². The number of fused-ring (bicyclic) bond motifs is 1. The van der Waals surface area contributed by atoms with E-state index in [-0.39, 0.29) is 17.3 Å². The van der Waals surface area contributed by atoms with Crippen molar-refractivity contribution >= 4 is 11.1 Å². The Bertz CT molecular complexity index is 1660. The molecule has 0 atom stereocenters. The van der Waals surface area contributed by atoms with Crippen molar-refractivity contribution in [2.24, 2.45) is 12.8 Å². The van der Waals surface area contributed by atoms with Gasteiger partial charge in [-0.1, -0.05) is 6.07 Å². The zero-order valence-electron chi connectivity index (χ0n) is 19.5. The maximum absolute atomic E-state index is 14.9. The van der Waals surface area contributed by atoms with Crippen molar-refractivity contribution in [1.82, 2.24) is 24.7 Å². The minimum atomic E-state index is -0.486. The molecule has 2 N–H and O–H groups in total. The maximum atomic E-state index is 14.9. The number of benzene rings is 2. The molecule has 0 spiro atoms. The second-order valence-corrected chi connectivity index (χ2v) is 9.88. The lowest BCUT2D eigenvalue weighted by atomic mass is 9.97. The molecular weight excluding hydrogens is 462 g/mol. The number of rotatable bonds is 5. The van der Waals surface area contributed by atoms with Crippen LogP contribution >= 0.6 is 0 Å². The van der Waals surface area contributed by atoms with Crippen LogP contribution in [0.5, 0.6) is 0 Å². The van der Waals surface area contributed by atoms with Crippen molar-refractivity contribution in [3.63, 3.8) is 0 Å². The summed E-state index contributed by atoms with van der Waals surface area (Å²) in [6.45, 7) is 0. The Labute approximate surface area is 205 Å². The maximum Gasteiger partial charge on any atom is 0.246 e. The summed E-state index contributed by atoms with van der Waals surface area (Å²) in [4.78, 5) is 9.41. The number of nitrogens with zero attached hydrogens (tertiary/aromatic N) is 5. The summed E-state index contributed by atoms with van der Waals surface area (Å²) < 4.78 is 36.8. The van der Waals surface area contributed by atoms with Crippen molar-refractivity contribution in [3.8, 4) is 34.1 Å². The van der Waals surface area contributed by atoms with Gasteiger partial charge in [-0.3, -0.25) is 0 Å². The normalized spacial score (nSPS) is 16.6. The standard InChI is InChI=1S/C27H22F2N6O/c1-35-13-31-34-25(35)19-12-17(28)4-5-18(19)15-8-21(14-2-3-14)32-23(9-15)26-33-22-11-16(27(30)6-7-27)10-20(29)24(22)36-26/h4-5,8-14H,2-3,6-7,30H2,1H3. The largest absolute Gasteiger partial charge is 0.432 e. The molecule has 7 nitrogen and oxygen atoms in total. The van der Waals surface area contributed by atoms with Gasteiger partial charge in [0.1, 0.15) is 23.4 Å². The first-order chi connectivity index (χ1) is 17.4. The van der Waals surface area contributed by atoms with Gasteiger partial charge in [-0.2, -0.15) is 0 Å². The highest BCUT2D eigenvalue weighted by molar-refractivity contribution is 5.83. The molecule has 0 radical (unpaired) electrons. The van der Waals surface area contributed by atoms with Crippen LogP contribution in [0.1, 0.15) is 42.9 Å². The van der Waals surface area contributed by atoms with Crippen LogP contribution in [0, 0.1) is 11.6 Å². The zero-order valence-corrected chi connectivity index (χ0v) is 19.5. The van der Waals surface area contributed by atoms with E-state index in [9.17, 15) is 8.78 Å². The van der Waals surface area contributed by atoms with E-state index in [4.69, 9.17) is 15.1 Å². The Balaban J connectivity index is 1.40. The molecule has 0 bridgehead atoms. The molecular formula is C27H22F2N6O. The highest BCUT2D eigenvalue weighted by Crippen LogP contribution is 2.45. The average molecular weight is 485 g/mol. The van der Waals surface area contributed by atoms with Crippen LogP contribution in [-0.2, 0) is 12.6 Å². The predicted molar refractivity (Wildman–Crippen MR) is 130 cm³/mol. The summed E-state index contributed by atoms with van der Waals surface area (Å²) in [6, 6.07) is 11.7. The van der Waals surface area contributed by atoms with E-state index in [0.717, 1.165) is 48.1 Å². The number of aryl methyl sites for hydroxylation is 1. The second kappa shape index (κ2) is 7.51. The van der Waals surface area contributed by atoms with Gasteiger partial charge in [0.15, 0.2) is 17.2 Å². The summed E-state index contributed by atoms with van der Waals surface area (Å²) in [5.41, 5.74) is 10.6. The molecule has 0 amide bonds. The minimum absolute atomic E-state index is 0.0831. The highest BCUT2D eigenvalue weighted by atomic mass is 19.1. The van der Waals surface area contributed by atoms with Crippen LogP contribution in [0.2, 0.25) is 0 Å². The van der Waals surface area contributed by atoms with E-state index in [1.165, 1.54) is 18.2 Å². The number of oxazole rings is 1. The van der Waals surface area contributed by atoms with E-state index >= 15 is 0 Å². The third kappa shape index (κ3) is 3.50. The van der Waals surface area contributed by atoms with Gasteiger partial charge < -0.3 is 14.7 Å². The van der Waals surface area contributed by atoms with Gasteiger partial charge in [0.25, 0.3) is 0 Å². The molecule has 36 heavy (non-hydrogen) atoms. The predicted octanol–water partition coefficient (Wildman–Crippen LogP) is 5.46. The average Bonchev–Trinajstić information content (AvgIpc) is 3.77. The Hall–Kier alpha value is -3.98. The van der Waals surface area contributed by atoms with E-state index in [1.807, 2.05) is 19.2 Å². The lowest BCUT2D eigenvalue weighted by Crippen LogP contribution is -2.18. The topological polar surface area (TPSA) is 95.7 Å². The number of pyridine rings is 1. The van der Waals surface area contributed by atoms with Crippen LogP contribution in [0.15, 0.2) is 53.2 Å². The monoisotopic (exact) mass is 484 g/mol. The van der Waals surface area contributed by atoms with Gasteiger partial charge in [0, 0.05) is 29.8 Å². The SMILES string of the molecule is Cn1cnnc1-c1cc(F)ccc1-c1cc(-c2nc3cc(C4(N)CC4)cc(F)c3o2)nc(C2CC2)c1. The Morgan fingerprint density at radius 2 is 1.86 bits per heavy atom. The number of aromatic nitrogens is 5. The van der Waals surface area contributed by atoms with Crippen LogP contribution in [0.25, 0.3) is 45.2 Å². The van der Waals surface area contributed by atoms with Gasteiger partial charge in [-0.05, 0) is 78.8 Å². The second-order valence-electron chi connectivity index (χ2n) is 9.88. The molecule has 3 heterocycles. The molecule has 2 aliphatic rings. The smallest absolute Gasteiger partial charge is 0.246 e. The first-order valence-electron chi connectivity index (χ1n) is 11.9. The van der Waals surface area contributed by atoms with E-state index < -0.39 is 11.4 Å². The first kappa shape index (κ1) is 21.3. The molecule has 2 saturated carbocycles. The van der Waals surface area contributed by atoms with Gasteiger partial charge in [0.05, 0.1) is 0 Å². The molecule has 0 aliphatic heterocycles. The Morgan fingerprint density at radius 1 is 1.03 bits per heavy atom. The molecule has 0 saturated heterocycles. The van der Waals surface area contributed by atoms with E-state index in [2.05, 4.69) is 15.2 Å². The third-order valence-corrected chi connectivity index (χ3v) is 7.11. The fourth-order valence-electron chi connectivity index (χ4n) is 4.70. The Kier molecular flexibility index (Phi) is 4.45. The van der Waals surface area contributed by atoms with Crippen LogP contribution in [0.3, 0.4) is 0 Å². The van der Waals surface area contributed by atoms with Crippen LogP contribution in [-0.4, -0.2) is 24.7 Å². The number of hydrogen-bond acceptors (Lipinski definition) is 6. The molecule has 180 valence electrons. The van der Waals surface area contributed by atoms with Gasteiger partial charge in [-0.15, -0.1) is 10.2 Å². The molecule has 2 aliphatic carbocycles. The van der Waals surface area contributed by atoms with Crippen molar-refractivity contribution < 1.29 is 13.2 Å². The number of hydrogen-bond donors (Lipinski definition) is 1. The van der Waals surface area contributed by atoms with Gasteiger partial charge >= 0.3 is 0 Å². The summed E-state index contributed by atoms with van der Waals surface area (Å²) >= 11 is 0. The molecule has 5 aromatic rings. The quantitative estimate of drug-likeness (QED) is 0.356. The summed E-state index contributed by atoms with van der Waals surface area (Å²) in [5.74, 6) is 0.255. The summed E-state index contributed by atoms with van der Waals surface area (Å²) in [7, 11) is 1.81. The molecule has 0 unspecified atom stereocenters. The molecule has 3 aromatic heterocycles. The Morgan fingerprint density at radius 3 is 2.58 bits per heavy atom. The molecule has 7 rings (SSSR count). The lowest BCUT2D eigenvalue weighted by molar-refractivity contribution is 0.560. The van der Waals surface area contributed by atoms with Crippen LogP contribution in [0.4, 0.5) is 8.78 Å². The van der Waals surface area contributed by atoms with Crippen molar-refractivity contribution in [2.45, 2.75) is 37.1 Å². The van der Waals surface area contributed by atoms with Crippen molar-refractivity contribution in [1.29, 1.82) is 0 Å². The fraction of sp³-hybridized carbons (Fsp3) is 0.259. The zero-order chi connectivity index (χ0) is 24.6. The number of nitrogens with two attached hydrogens (primary N) is 1. The van der Waals surface area contributed by atoms with Gasteiger partial charge in [0.2, 0.25) is 5.89 Å². The van der Waals surface area contributed by atoms with E-state index in [1.54, 1.807) is 23.0 Å². The van der Waals surface area contributed by atoms with Gasteiger partial charge in [-0.25, -0.2) is 18.7 Å². The molecule has 2 fully saturated rings. The first-order valence-corrected chi connectivity index (χ1v) is 11.9. The summed E-state index contributed by atoms with van der Waals surface area (Å²) in [6.07, 6.45) is 5.30. The summed E-state index contributed by atoms with van der Waals surface area (Å²) in [5, 5.41) is 8.14. The number of halogens is 2. The van der Waals surface area contributed by atoms with Crippen LogP contribution < -0.4 is 5.73 Å². The fourth-order valence-corrected chi connectivity index (χ4v) is 4.70. The minimum Gasteiger partial charge on any atom is -0.432 e. The lowest BCUT2D eigenvalue weighted by Gasteiger charge is -2.12. The van der Waals surface area contributed by atoms with E-state index in [0.29, 0.717) is 28.5 Å².